The van der Waals surface area contributed by atoms with E-state index in [1.165, 1.54) is 11.3 Å². The number of nitrogens with two attached hydrogens (primary N) is 1. The Morgan fingerprint density at radius 3 is 2.43 bits per heavy atom. The number of rotatable bonds is 6. The number of carbonyl (C=O) groups is 2. The third-order valence-corrected chi connectivity index (χ3v) is 4.90. The topological polar surface area (TPSA) is 129 Å². The molecule has 28 heavy (non-hydrogen) atoms. The summed E-state index contributed by atoms with van der Waals surface area (Å²) in [6, 6.07) is 1.89. The monoisotopic (exact) mass is 399 g/mol. The first kappa shape index (κ1) is 19.6. The molecule has 9 nitrogen and oxygen atoms in total. The van der Waals surface area contributed by atoms with Crippen molar-refractivity contribution in [1.82, 2.24) is 24.7 Å². The second kappa shape index (κ2) is 7.85. The Morgan fingerprint density at radius 2 is 1.79 bits per heavy atom. The molecular weight excluding hydrogens is 378 g/mol. The molecule has 0 spiro atoms. The molecule has 3 heterocycles. The highest BCUT2D eigenvalue weighted by molar-refractivity contribution is 7.13. The van der Waals surface area contributed by atoms with E-state index in [-0.39, 0.29) is 18.7 Å². The van der Waals surface area contributed by atoms with Crippen LogP contribution in [0.4, 0.5) is 5.13 Å². The normalized spacial score (nSPS) is 10.9. The highest BCUT2D eigenvalue weighted by Crippen LogP contribution is 2.19. The predicted octanol–water partition coefficient (Wildman–Crippen LogP) is 1.56. The van der Waals surface area contributed by atoms with Gasteiger partial charge in [-0.1, -0.05) is 0 Å². The van der Waals surface area contributed by atoms with E-state index in [9.17, 15) is 9.59 Å². The molecule has 3 N–H and O–H groups in total. The van der Waals surface area contributed by atoms with E-state index in [1.54, 1.807) is 10.1 Å². The lowest BCUT2D eigenvalue weighted by molar-refractivity contribution is -0.117. The molecule has 0 aliphatic heterocycles. The average molecular weight is 399 g/mol. The molecule has 3 rings (SSSR count). The van der Waals surface area contributed by atoms with Gasteiger partial charge in [-0.2, -0.15) is 5.10 Å². The Morgan fingerprint density at radius 1 is 1.11 bits per heavy atom. The quantitative estimate of drug-likeness (QED) is 0.647. The SMILES string of the molecule is Cc1cc(C)nc(-n2nc(C)c(CC(=O)Nc3nc(CC(N)=O)cs3)c2C)n1. The van der Waals surface area contributed by atoms with Crippen molar-refractivity contribution in [3.8, 4) is 5.95 Å². The zero-order valence-corrected chi connectivity index (χ0v) is 16.9. The number of hydrogen-bond acceptors (Lipinski definition) is 7. The minimum absolute atomic E-state index is 0.0489. The predicted molar refractivity (Wildman–Crippen MR) is 105 cm³/mol. The lowest BCUT2D eigenvalue weighted by Crippen LogP contribution is -2.16. The number of aromatic nitrogens is 5. The van der Waals surface area contributed by atoms with Gasteiger partial charge in [0.25, 0.3) is 5.95 Å². The summed E-state index contributed by atoms with van der Waals surface area (Å²) in [5, 5.41) is 9.39. The van der Waals surface area contributed by atoms with Crippen molar-refractivity contribution >= 4 is 28.3 Å². The maximum Gasteiger partial charge on any atom is 0.251 e. The number of hydrogen-bond donors (Lipinski definition) is 2. The molecule has 10 heteroatoms. The molecule has 0 saturated heterocycles. The molecule has 0 bridgehead atoms. The first-order chi connectivity index (χ1) is 13.2. The summed E-state index contributed by atoms with van der Waals surface area (Å²) in [7, 11) is 0. The summed E-state index contributed by atoms with van der Waals surface area (Å²) in [5.41, 5.74) is 9.77. The van der Waals surface area contributed by atoms with Gasteiger partial charge in [0.05, 0.1) is 24.2 Å². The summed E-state index contributed by atoms with van der Waals surface area (Å²) >= 11 is 1.25. The molecule has 2 amide bonds. The molecule has 0 aromatic carbocycles. The number of nitrogens with zero attached hydrogens (tertiary/aromatic N) is 5. The van der Waals surface area contributed by atoms with E-state index < -0.39 is 5.91 Å². The van der Waals surface area contributed by atoms with Crippen LogP contribution in [0.3, 0.4) is 0 Å². The minimum atomic E-state index is -0.463. The summed E-state index contributed by atoms with van der Waals surface area (Å²) in [4.78, 5) is 36.5. The van der Waals surface area contributed by atoms with Crippen molar-refractivity contribution in [3.05, 3.63) is 45.5 Å². The zero-order valence-electron chi connectivity index (χ0n) is 16.1. The van der Waals surface area contributed by atoms with Crippen molar-refractivity contribution in [2.45, 2.75) is 40.5 Å². The van der Waals surface area contributed by atoms with E-state index in [2.05, 4.69) is 25.4 Å². The van der Waals surface area contributed by atoms with Crippen LogP contribution >= 0.6 is 11.3 Å². The third kappa shape index (κ3) is 4.39. The Balaban J connectivity index is 1.77. The number of aryl methyl sites for hydroxylation is 3. The van der Waals surface area contributed by atoms with Crippen LogP contribution in [0.1, 0.15) is 34.0 Å². The molecular formula is C18H21N7O2S. The van der Waals surface area contributed by atoms with Gasteiger partial charge < -0.3 is 11.1 Å². The van der Waals surface area contributed by atoms with Crippen molar-refractivity contribution in [1.29, 1.82) is 0 Å². The number of anilines is 1. The van der Waals surface area contributed by atoms with Gasteiger partial charge in [0, 0.05) is 28.0 Å². The van der Waals surface area contributed by atoms with Gasteiger partial charge in [-0.3, -0.25) is 9.59 Å². The Bertz CT molecular complexity index is 1030. The van der Waals surface area contributed by atoms with E-state index in [0.29, 0.717) is 16.8 Å². The second-order valence-corrected chi connectivity index (χ2v) is 7.38. The average Bonchev–Trinajstić information content (AvgIpc) is 3.12. The maximum atomic E-state index is 12.5. The highest BCUT2D eigenvalue weighted by atomic mass is 32.1. The fraction of sp³-hybridized carbons (Fsp3) is 0.333. The van der Waals surface area contributed by atoms with Crippen LogP contribution in [-0.2, 0) is 22.4 Å². The maximum absolute atomic E-state index is 12.5. The van der Waals surface area contributed by atoms with Gasteiger partial charge in [0.15, 0.2) is 5.13 Å². The summed E-state index contributed by atoms with van der Waals surface area (Å²) in [5.74, 6) is -0.191. The van der Waals surface area contributed by atoms with Gasteiger partial charge in [-0.25, -0.2) is 19.6 Å². The number of thiazole rings is 1. The van der Waals surface area contributed by atoms with Crippen LogP contribution in [0, 0.1) is 27.7 Å². The van der Waals surface area contributed by atoms with Crippen LogP contribution in [0.2, 0.25) is 0 Å². The molecule has 0 saturated carbocycles. The lowest BCUT2D eigenvalue weighted by atomic mass is 10.1. The van der Waals surface area contributed by atoms with Gasteiger partial charge in [-0.05, 0) is 33.8 Å². The van der Waals surface area contributed by atoms with Crippen LogP contribution in [-0.4, -0.2) is 36.5 Å². The van der Waals surface area contributed by atoms with Gasteiger partial charge >= 0.3 is 0 Å². The summed E-state index contributed by atoms with van der Waals surface area (Å²) in [6.45, 7) is 7.54. The molecule has 0 fully saturated rings. The Labute approximate surface area is 166 Å². The van der Waals surface area contributed by atoms with Crippen LogP contribution in [0.15, 0.2) is 11.4 Å². The van der Waals surface area contributed by atoms with Gasteiger partial charge in [0.1, 0.15) is 0 Å². The van der Waals surface area contributed by atoms with E-state index in [0.717, 1.165) is 28.3 Å². The van der Waals surface area contributed by atoms with Gasteiger partial charge in [0.2, 0.25) is 11.8 Å². The molecule has 3 aromatic heterocycles. The standard InChI is InChI=1S/C18H21N7O2S/c1-9-5-10(2)21-17(20-9)25-12(4)14(11(3)24-25)7-16(27)23-18-22-13(8-28-18)6-15(19)26/h5,8H,6-7H2,1-4H3,(H2,19,26)(H,22,23,27). The lowest BCUT2D eigenvalue weighted by Gasteiger charge is -2.06. The Hall–Kier alpha value is -3.14. The first-order valence-electron chi connectivity index (χ1n) is 8.63. The van der Waals surface area contributed by atoms with E-state index in [4.69, 9.17) is 5.73 Å². The third-order valence-electron chi connectivity index (χ3n) is 4.09. The number of carbonyl (C=O) groups excluding carboxylic acids is 2. The summed E-state index contributed by atoms with van der Waals surface area (Å²) in [6.07, 6.45) is 0.195. The van der Waals surface area contributed by atoms with Crippen LogP contribution in [0.25, 0.3) is 5.95 Å². The van der Waals surface area contributed by atoms with Crippen LogP contribution < -0.4 is 11.1 Å². The molecule has 3 aromatic rings. The molecule has 146 valence electrons. The van der Waals surface area contributed by atoms with E-state index >= 15 is 0 Å². The zero-order chi connectivity index (χ0) is 20.4. The fourth-order valence-corrected chi connectivity index (χ4v) is 3.60. The molecule has 0 atom stereocenters. The molecule has 0 radical (unpaired) electrons. The second-order valence-electron chi connectivity index (χ2n) is 6.52. The highest BCUT2D eigenvalue weighted by Gasteiger charge is 2.18. The van der Waals surface area contributed by atoms with Gasteiger partial charge in [-0.15, -0.1) is 11.3 Å². The Kier molecular flexibility index (Phi) is 5.50. The smallest absolute Gasteiger partial charge is 0.251 e. The van der Waals surface area contributed by atoms with E-state index in [1.807, 2.05) is 33.8 Å². The number of primary amides is 1. The summed E-state index contributed by atoms with van der Waals surface area (Å²) < 4.78 is 1.66. The van der Waals surface area contributed by atoms with Crippen molar-refractivity contribution < 1.29 is 9.59 Å². The molecule has 0 unspecified atom stereocenters. The van der Waals surface area contributed by atoms with Crippen molar-refractivity contribution in [2.24, 2.45) is 5.73 Å². The fourth-order valence-electron chi connectivity index (χ4n) is 2.88. The van der Waals surface area contributed by atoms with Crippen LogP contribution in [0.5, 0.6) is 0 Å². The largest absolute Gasteiger partial charge is 0.369 e. The number of nitrogens with one attached hydrogen (secondary N) is 1. The van der Waals surface area contributed by atoms with Crippen molar-refractivity contribution in [2.75, 3.05) is 5.32 Å². The number of amides is 2. The van der Waals surface area contributed by atoms with Crippen molar-refractivity contribution in [3.63, 3.8) is 0 Å². The minimum Gasteiger partial charge on any atom is -0.369 e. The molecule has 0 aliphatic carbocycles. The first-order valence-corrected chi connectivity index (χ1v) is 9.51. The molecule has 0 aliphatic rings.